The van der Waals surface area contributed by atoms with Crippen LogP contribution in [-0.4, -0.2) is 41.8 Å². The highest BCUT2D eigenvalue weighted by molar-refractivity contribution is 8.18. The molecular formula is C16H17NO5S. The summed E-state index contributed by atoms with van der Waals surface area (Å²) in [7, 11) is 0. The van der Waals surface area contributed by atoms with Crippen LogP contribution in [0, 0.1) is 0 Å². The minimum Gasteiger partial charge on any atom is -0.493 e. The van der Waals surface area contributed by atoms with Gasteiger partial charge in [-0.1, -0.05) is 18.2 Å². The summed E-state index contributed by atoms with van der Waals surface area (Å²) in [5.41, 5.74) is 0.705. The van der Waals surface area contributed by atoms with Crippen molar-refractivity contribution in [1.82, 2.24) is 4.90 Å². The summed E-state index contributed by atoms with van der Waals surface area (Å²) in [6.45, 7) is 3.85. The number of hydrogen-bond acceptors (Lipinski definition) is 6. The minimum absolute atomic E-state index is 0.201. The SMILES string of the molecule is CCOC(=O)CN1C(=O)SC(=Cc2ccccc2OCC)C1=O. The molecule has 1 fully saturated rings. The van der Waals surface area contributed by atoms with Gasteiger partial charge in [-0.25, -0.2) is 0 Å². The molecule has 0 unspecified atom stereocenters. The van der Waals surface area contributed by atoms with E-state index in [1.807, 2.05) is 19.1 Å². The van der Waals surface area contributed by atoms with Crippen molar-refractivity contribution >= 4 is 35.0 Å². The monoisotopic (exact) mass is 335 g/mol. The van der Waals surface area contributed by atoms with Gasteiger partial charge in [0.05, 0.1) is 18.1 Å². The lowest BCUT2D eigenvalue weighted by atomic mass is 10.2. The zero-order valence-electron chi connectivity index (χ0n) is 12.9. The molecule has 7 heteroatoms. The maximum absolute atomic E-state index is 12.3. The molecule has 1 heterocycles. The Morgan fingerprint density at radius 2 is 1.96 bits per heavy atom. The average Bonchev–Trinajstić information content (AvgIpc) is 2.77. The fraction of sp³-hybridized carbons (Fsp3) is 0.312. The topological polar surface area (TPSA) is 72.9 Å². The van der Waals surface area contributed by atoms with Gasteiger partial charge in [0.15, 0.2) is 0 Å². The number of para-hydroxylation sites is 1. The van der Waals surface area contributed by atoms with Crippen LogP contribution < -0.4 is 4.74 Å². The Bertz CT molecular complexity index is 656. The van der Waals surface area contributed by atoms with Crippen molar-refractivity contribution in [3.05, 3.63) is 34.7 Å². The molecule has 2 rings (SSSR count). The van der Waals surface area contributed by atoms with E-state index in [0.717, 1.165) is 16.7 Å². The number of thioether (sulfide) groups is 1. The van der Waals surface area contributed by atoms with Crippen molar-refractivity contribution in [2.24, 2.45) is 0 Å². The molecule has 1 aromatic carbocycles. The lowest BCUT2D eigenvalue weighted by Crippen LogP contribution is -2.34. The number of nitrogens with zero attached hydrogens (tertiary/aromatic N) is 1. The van der Waals surface area contributed by atoms with Crippen LogP contribution in [-0.2, 0) is 14.3 Å². The van der Waals surface area contributed by atoms with Crippen LogP contribution in [0.25, 0.3) is 6.08 Å². The van der Waals surface area contributed by atoms with E-state index in [1.54, 1.807) is 25.1 Å². The summed E-state index contributed by atoms with van der Waals surface area (Å²) in [5, 5.41) is -0.483. The summed E-state index contributed by atoms with van der Waals surface area (Å²) in [6, 6.07) is 7.23. The van der Waals surface area contributed by atoms with Gasteiger partial charge in [-0.3, -0.25) is 19.3 Å². The van der Waals surface area contributed by atoms with E-state index in [4.69, 9.17) is 9.47 Å². The second kappa shape index (κ2) is 7.82. The summed E-state index contributed by atoms with van der Waals surface area (Å²) >= 11 is 0.799. The summed E-state index contributed by atoms with van der Waals surface area (Å²) in [5.74, 6) is -0.475. The van der Waals surface area contributed by atoms with E-state index >= 15 is 0 Å². The largest absolute Gasteiger partial charge is 0.493 e. The first kappa shape index (κ1) is 17.1. The number of benzene rings is 1. The second-order valence-corrected chi connectivity index (χ2v) is 5.54. The van der Waals surface area contributed by atoms with Gasteiger partial charge in [0.1, 0.15) is 12.3 Å². The Labute approximate surface area is 138 Å². The first-order valence-corrected chi connectivity index (χ1v) is 8.01. The zero-order valence-corrected chi connectivity index (χ0v) is 13.7. The number of carbonyl (C=O) groups is 3. The molecule has 1 aromatic rings. The van der Waals surface area contributed by atoms with Crippen LogP contribution in [0.1, 0.15) is 19.4 Å². The number of imide groups is 1. The predicted molar refractivity (Wildman–Crippen MR) is 86.9 cm³/mol. The Kier molecular flexibility index (Phi) is 5.81. The van der Waals surface area contributed by atoms with Crippen LogP contribution >= 0.6 is 11.8 Å². The van der Waals surface area contributed by atoms with Gasteiger partial charge in [0, 0.05) is 5.56 Å². The fourth-order valence-corrected chi connectivity index (χ4v) is 2.83. The smallest absolute Gasteiger partial charge is 0.326 e. The molecule has 1 saturated heterocycles. The van der Waals surface area contributed by atoms with Crippen molar-refractivity contribution in [3.8, 4) is 5.75 Å². The van der Waals surface area contributed by atoms with Crippen LogP contribution in [0.5, 0.6) is 5.75 Å². The molecule has 122 valence electrons. The first-order chi connectivity index (χ1) is 11.1. The number of rotatable bonds is 6. The van der Waals surface area contributed by atoms with E-state index < -0.39 is 17.1 Å². The summed E-state index contributed by atoms with van der Waals surface area (Å²) in [6.07, 6.45) is 1.60. The van der Waals surface area contributed by atoms with Crippen LogP contribution in [0.2, 0.25) is 0 Å². The van der Waals surface area contributed by atoms with Crippen molar-refractivity contribution in [1.29, 1.82) is 0 Å². The summed E-state index contributed by atoms with van der Waals surface area (Å²) < 4.78 is 10.3. The molecule has 6 nitrogen and oxygen atoms in total. The number of amides is 2. The molecule has 0 atom stereocenters. The lowest BCUT2D eigenvalue weighted by molar-refractivity contribution is -0.145. The van der Waals surface area contributed by atoms with E-state index in [1.165, 1.54) is 0 Å². The highest BCUT2D eigenvalue weighted by Gasteiger charge is 2.36. The third-order valence-electron chi connectivity index (χ3n) is 2.97. The average molecular weight is 335 g/mol. The van der Waals surface area contributed by atoms with Crippen molar-refractivity contribution in [2.45, 2.75) is 13.8 Å². The Morgan fingerprint density at radius 3 is 2.65 bits per heavy atom. The number of esters is 1. The van der Waals surface area contributed by atoms with Gasteiger partial charge >= 0.3 is 5.97 Å². The normalized spacial score (nSPS) is 16.1. The molecule has 1 aliphatic heterocycles. The standard InChI is InChI=1S/C16H17NO5S/c1-3-21-12-8-6-5-7-11(12)9-13-15(19)17(16(20)23-13)10-14(18)22-4-2/h5-9H,3-4,10H2,1-2H3. The maximum Gasteiger partial charge on any atom is 0.326 e. The number of carbonyl (C=O) groups excluding carboxylic acids is 3. The van der Waals surface area contributed by atoms with Gasteiger partial charge in [-0.15, -0.1) is 0 Å². The molecule has 0 saturated carbocycles. The van der Waals surface area contributed by atoms with E-state index in [2.05, 4.69) is 0 Å². The van der Waals surface area contributed by atoms with Gasteiger partial charge < -0.3 is 9.47 Å². The van der Waals surface area contributed by atoms with E-state index in [-0.39, 0.29) is 18.1 Å². The van der Waals surface area contributed by atoms with E-state index in [0.29, 0.717) is 17.9 Å². The molecule has 1 aliphatic rings. The zero-order chi connectivity index (χ0) is 16.8. The van der Waals surface area contributed by atoms with Gasteiger partial charge in [-0.2, -0.15) is 0 Å². The quantitative estimate of drug-likeness (QED) is 0.588. The molecular weight excluding hydrogens is 318 g/mol. The highest BCUT2D eigenvalue weighted by atomic mass is 32.2. The first-order valence-electron chi connectivity index (χ1n) is 7.19. The summed E-state index contributed by atoms with van der Waals surface area (Å²) in [4.78, 5) is 36.8. The highest BCUT2D eigenvalue weighted by Crippen LogP contribution is 2.33. The van der Waals surface area contributed by atoms with Gasteiger partial charge in [-0.05, 0) is 37.8 Å². The van der Waals surface area contributed by atoms with Crippen LogP contribution in [0.4, 0.5) is 4.79 Å². The van der Waals surface area contributed by atoms with Crippen molar-refractivity contribution in [2.75, 3.05) is 19.8 Å². The van der Waals surface area contributed by atoms with E-state index in [9.17, 15) is 14.4 Å². The van der Waals surface area contributed by atoms with Crippen molar-refractivity contribution in [3.63, 3.8) is 0 Å². The van der Waals surface area contributed by atoms with Crippen LogP contribution in [0.3, 0.4) is 0 Å². The third-order valence-corrected chi connectivity index (χ3v) is 3.88. The molecule has 23 heavy (non-hydrogen) atoms. The minimum atomic E-state index is -0.606. The Morgan fingerprint density at radius 1 is 1.22 bits per heavy atom. The Balaban J connectivity index is 2.20. The van der Waals surface area contributed by atoms with Gasteiger partial charge in [0.25, 0.3) is 11.1 Å². The second-order valence-electron chi connectivity index (χ2n) is 4.54. The predicted octanol–water partition coefficient (Wildman–Crippen LogP) is 2.68. The maximum atomic E-state index is 12.3. The molecule has 0 bridgehead atoms. The third kappa shape index (κ3) is 4.13. The molecule has 0 spiro atoms. The number of ether oxygens (including phenoxy) is 2. The number of hydrogen-bond donors (Lipinski definition) is 0. The molecule has 0 N–H and O–H groups in total. The molecule has 0 aliphatic carbocycles. The molecule has 0 radical (unpaired) electrons. The van der Waals surface area contributed by atoms with Crippen molar-refractivity contribution < 1.29 is 23.9 Å². The molecule has 2 amide bonds. The lowest BCUT2D eigenvalue weighted by Gasteiger charge is -2.11. The molecule has 0 aromatic heterocycles. The Hall–Kier alpha value is -2.28. The van der Waals surface area contributed by atoms with Crippen LogP contribution in [0.15, 0.2) is 29.2 Å². The van der Waals surface area contributed by atoms with Gasteiger partial charge in [0.2, 0.25) is 0 Å². The fourth-order valence-electron chi connectivity index (χ4n) is 2.00.